The minimum absolute atomic E-state index is 0.216. The first-order valence-electron chi connectivity index (χ1n) is 6.97. The van der Waals surface area contributed by atoms with Crippen LogP contribution >= 0.6 is 7.37 Å². The molecule has 0 fully saturated rings. The first-order chi connectivity index (χ1) is 10.8. The Hall–Kier alpha value is -1.76. The molecule has 0 aliphatic carbocycles. The SMILES string of the molecule is CP(=O)(O)C(O)CNCN(O)C(=O)c1ccc2ccccc2c1. The van der Waals surface area contributed by atoms with Gasteiger partial charge in [0.15, 0.2) is 0 Å². The quantitative estimate of drug-likeness (QED) is 0.275. The van der Waals surface area contributed by atoms with E-state index in [-0.39, 0.29) is 13.2 Å². The third-order valence-corrected chi connectivity index (χ3v) is 4.66. The molecule has 0 saturated heterocycles. The fourth-order valence-corrected chi connectivity index (χ4v) is 2.48. The van der Waals surface area contributed by atoms with Crippen molar-refractivity contribution in [2.45, 2.75) is 5.85 Å². The minimum atomic E-state index is -3.62. The molecule has 0 bridgehead atoms. The summed E-state index contributed by atoms with van der Waals surface area (Å²) in [5, 5.41) is 24.0. The molecule has 124 valence electrons. The van der Waals surface area contributed by atoms with Gasteiger partial charge in [-0.05, 0) is 22.9 Å². The molecule has 0 saturated carbocycles. The van der Waals surface area contributed by atoms with Crippen LogP contribution in [0.4, 0.5) is 0 Å². The number of aliphatic hydroxyl groups excluding tert-OH is 1. The van der Waals surface area contributed by atoms with Gasteiger partial charge in [0.25, 0.3) is 5.91 Å². The second kappa shape index (κ2) is 7.21. The van der Waals surface area contributed by atoms with E-state index in [9.17, 15) is 19.7 Å². The molecule has 2 aromatic rings. The summed E-state index contributed by atoms with van der Waals surface area (Å²) in [4.78, 5) is 21.3. The topological polar surface area (TPSA) is 110 Å². The number of amides is 1. The van der Waals surface area contributed by atoms with E-state index < -0.39 is 19.1 Å². The van der Waals surface area contributed by atoms with Crippen LogP contribution in [0.3, 0.4) is 0 Å². The highest BCUT2D eigenvalue weighted by Gasteiger charge is 2.23. The second-order valence-electron chi connectivity index (χ2n) is 5.30. The van der Waals surface area contributed by atoms with Gasteiger partial charge in [0.05, 0.1) is 6.67 Å². The maximum Gasteiger partial charge on any atom is 0.278 e. The van der Waals surface area contributed by atoms with E-state index >= 15 is 0 Å². The monoisotopic (exact) mass is 338 g/mol. The summed E-state index contributed by atoms with van der Waals surface area (Å²) in [6.07, 6.45) is 0. The van der Waals surface area contributed by atoms with E-state index in [0.29, 0.717) is 10.6 Å². The summed E-state index contributed by atoms with van der Waals surface area (Å²) >= 11 is 0. The number of carbonyl (C=O) groups is 1. The summed E-state index contributed by atoms with van der Waals surface area (Å²) in [5.41, 5.74) is 0.317. The fraction of sp³-hybridized carbons (Fsp3) is 0.267. The van der Waals surface area contributed by atoms with Crippen molar-refractivity contribution < 1.29 is 24.6 Å². The Labute approximate surface area is 133 Å². The van der Waals surface area contributed by atoms with Gasteiger partial charge >= 0.3 is 0 Å². The summed E-state index contributed by atoms with van der Waals surface area (Å²) in [6.45, 7) is 0.547. The highest BCUT2D eigenvalue weighted by atomic mass is 31.2. The Balaban J connectivity index is 1.97. The third kappa shape index (κ3) is 4.60. The Morgan fingerprint density at radius 1 is 1.26 bits per heavy atom. The largest absolute Gasteiger partial charge is 0.382 e. The highest BCUT2D eigenvalue weighted by Crippen LogP contribution is 2.39. The number of hydrogen-bond acceptors (Lipinski definition) is 5. The lowest BCUT2D eigenvalue weighted by Crippen LogP contribution is -2.39. The van der Waals surface area contributed by atoms with Gasteiger partial charge in [0.2, 0.25) is 7.37 Å². The molecule has 23 heavy (non-hydrogen) atoms. The van der Waals surface area contributed by atoms with E-state index in [0.717, 1.165) is 17.4 Å². The van der Waals surface area contributed by atoms with Crippen LogP contribution in [0.1, 0.15) is 10.4 Å². The summed E-state index contributed by atoms with van der Waals surface area (Å²) in [5.74, 6) is -2.06. The van der Waals surface area contributed by atoms with Crippen molar-refractivity contribution >= 4 is 24.0 Å². The van der Waals surface area contributed by atoms with Crippen LogP contribution in [0, 0.1) is 0 Å². The Morgan fingerprint density at radius 2 is 1.91 bits per heavy atom. The molecule has 0 aromatic heterocycles. The maximum atomic E-state index is 12.1. The van der Waals surface area contributed by atoms with Crippen LogP contribution in [-0.4, -0.2) is 51.9 Å². The molecule has 2 aromatic carbocycles. The predicted molar refractivity (Wildman–Crippen MR) is 86.5 cm³/mol. The lowest BCUT2D eigenvalue weighted by atomic mass is 10.1. The van der Waals surface area contributed by atoms with Gasteiger partial charge in [-0.15, -0.1) is 0 Å². The molecule has 7 nitrogen and oxygen atoms in total. The van der Waals surface area contributed by atoms with E-state index in [1.165, 1.54) is 0 Å². The number of hydrogen-bond donors (Lipinski definition) is 4. The molecule has 8 heteroatoms. The average molecular weight is 338 g/mol. The zero-order chi connectivity index (χ0) is 17.0. The van der Waals surface area contributed by atoms with E-state index in [4.69, 9.17) is 4.89 Å². The van der Waals surface area contributed by atoms with Gasteiger partial charge in [-0.2, -0.15) is 0 Å². The molecule has 2 atom stereocenters. The van der Waals surface area contributed by atoms with E-state index in [2.05, 4.69) is 5.32 Å². The first kappa shape index (κ1) is 17.6. The van der Waals surface area contributed by atoms with Gasteiger partial charge in [-0.3, -0.25) is 19.9 Å². The lowest BCUT2D eigenvalue weighted by Gasteiger charge is -2.19. The van der Waals surface area contributed by atoms with Crippen molar-refractivity contribution in [1.29, 1.82) is 0 Å². The molecule has 2 unspecified atom stereocenters. The number of nitrogens with zero attached hydrogens (tertiary/aromatic N) is 1. The van der Waals surface area contributed by atoms with E-state index in [1.807, 2.05) is 24.3 Å². The van der Waals surface area contributed by atoms with Crippen LogP contribution in [0.2, 0.25) is 0 Å². The Kier molecular flexibility index (Phi) is 5.51. The number of fused-ring (bicyclic) bond motifs is 1. The normalized spacial score (nSPS) is 15.1. The molecule has 0 aliphatic rings. The van der Waals surface area contributed by atoms with Crippen LogP contribution < -0.4 is 5.32 Å². The molecule has 0 aliphatic heterocycles. The minimum Gasteiger partial charge on any atom is -0.382 e. The van der Waals surface area contributed by atoms with Crippen molar-refractivity contribution in [3.63, 3.8) is 0 Å². The van der Waals surface area contributed by atoms with Crippen LogP contribution in [-0.2, 0) is 4.57 Å². The van der Waals surface area contributed by atoms with Gasteiger partial charge < -0.3 is 10.00 Å². The molecule has 4 N–H and O–H groups in total. The number of carbonyl (C=O) groups excluding carboxylic acids is 1. The van der Waals surface area contributed by atoms with E-state index in [1.54, 1.807) is 18.2 Å². The van der Waals surface area contributed by atoms with Gasteiger partial charge in [-0.25, -0.2) is 5.06 Å². The Bertz CT molecular complexity index is 745. The van der Waals surface area contributed by atoms with Gasteiger partial charge in [-0.1, -0.05) is 30.3 Å². The van der Waals surface area contributed by atoms with Gasteiger partial charge in [0, 0.05) is 18.8 Å². The van der Waals surface area contributed by atoms with Crippen molar-refractivity contribution in [2.75, 3.05) is 19.9 Å². The fourth-order valence-electron chi connectivity index (χ4n) is 2.01. The van der Waals surface area contributed by atoms with Crippen molar-refractivity contribution in [3.05, 3.63) is 48.0 Å². The third-order valence-electron chi connectivity index (χ3n) is 3.37. The van der Waals surface area contributed by atoms with Gasteiger partial charge in [0.1, 0.15) is 5.85 Å². The number of nitrogens with one attached hydrogen (secondary N) is 1. The van der Waals surface area contributed by atoms with Crippen molar-refractivity contribution in [3.8, 4) is 0 Å². The molecule has 0 radical (unpaired) electrons. The number of hydroxylamine groups is 2. The highest BCUT2D eigenvalue weighted by molar-refractivity contribution is 7.57. The summed E-state index contributed by atoms with van der Waals surface area (Å²) in [6, 6.07) is 12.6. The van der Waals surface area contributed by atoms with Crippen LogP contribution in [0.5, 0.6) is 0 Å². The zero-order valence-electron chi connectivity index (χ0n) is 12.6. The standard InChI is InChI=1S/C15H19N2O5P/c1-23(21,22)14(18)9-16-10-17(20)15(19)13-7-6-11-4-2-3-5-12(11)8-13/h2-8,14,16,18,20H,9-10H2,1H3,(H,21,22). The number of benzene rings is 2. The lowest BCUT2D eigenvalue weighted by molar-refractivity contribution is -0.0637. The summed E-state index contributed by atoms with van der Waals surface area (Å²) < 4.78 is 11.2. The smallest absolute Gasteiger partial charge is 0.278 e. The molecule has 0 heterocycles. The second-order valence-corrected chi connectivity index (χ2v) is 7.79. The first-order valence-corrected chi connectivity index (χ1v) is 9.15. The molecular formula is C15H19N2O5P. The zero-order valence-corrected chi connectivity index (χ0v) is 13.5. The predicted octanol–water partition coefficient (Wildman–Crippen LogP) is 1.44. The Morgan fingerprint density at radius 3 is 2.57 bits per heavy atom. The van der Waals surface area contributed by atoms with Crippen LogP contribution in [0.25, 0.3) is 10.8 Å². The van der Waals surface area contributed by atoms with Crippen molar-refractivity contribution in [2.24, 2.45) is 0 Å². The molecule has 1 amide bonds. The van der Waals surface area contributed by atoms with Crippen LogP contribution in [0.15, 0.2) is 42.5 Å². The maximum absolute atomic E-state index is 12.1. The molecule has 0 spiro atoms. The summed E-state index contributed by atoms with van der Waals surface area (Å²) in [7, 11) is -3.62. The molecular weight excluding hydrogens is 319 g/mol. The number of aliphatic hydroxyl groups is 1. The molecule has 2 rings (SSSR count). The number of rotatable bonds is 6. The average Bonchev–Trinajstić information content (AvgIpc) is 2.52. The van der Waals surface area contributed by atoms with Crippen molar-refractivity contribution in [1.82, 2.24) is 10.4 Å².